The SMILES string of the molecule is CC.Cc1cc2ncc(C(F)(F)F)nc2[nH]c1=O. The first-order valence-corrected chi connectivity index (χ1v) is 5.32. The van der Waals surface area contributed by atoms with E-state index in [-0.39, 0.29) is 11.2 Å². The van der Waals surface area contributed by atoms with Gasteiger partial charge in [0.2, 0.25) is 0 Å². The van der Waals surface area contributed by atoms with Crippen LogP contribution in [0.3, 0.4) is 0 Å². The predicted octanol–water partition coefficient (Wildman–Crippen LogP) is 2.67. The molecule has 0 aliphatic rings. The molecule has 0 fully saturated rings. The quantitative estimate of drug-likeness (QED) is 0.791. The molecule has 2 rings (SSSR count). The molecular formula is C11H12F3N3O. The summed E-state index contributed by atoms with van der Waals surface area (Å²) in [7, 11) is 0. The number of nitrogens with one attached hydrogen (secondary N) is 1. The van der Waals surface area contributed by atoms with Crippen molar-refractivity contribution in [3.8, 4) is 0 Å². The zero-order chi connectivity index (χ0) is 13.9. The number of hydrogen-bond donors (Lipinski definition) is 1. The molecule has 4 nitrogen and oxygen atoms in total. The summed E-state index contributed by atoms with van der Waals surface area (Å²) in [5, 5.41) is 0. The number of hydrogen-bond acceptors (Lipinski definition) is 3. The number of H-pyrrole nitrogens is 1. The number of pyridine rings is 1. The van der Waals surface area contributed by atoms with E-state index in [4.69, 9.17) is 0 Å². The van der Waals surface area contributed by atoms with Crippen LogP contribution in [0.25, 0.3) is 11.2 Å². The summed E-state index contributed by atoms with van der Waals surface area (Å²) >= 11 is 0. The van der Waals surface area contributed by atoms with E-state index in [1.807, 2.05) is 13.8 Å². The van der Waals surface area contributed by atoms with Crippen molar-refractivity contribution in [1.82, 2.24) is 15.0 Å². The third kappa shape index (κ3) is 2.85. The maximum Gasteiger partial charge on any atom is 0.434 e. The van der Waals surface area contributed by atoms with E-state index in [1.54, 1.807) is 0 Å². The van der Waals surface area contributed by atoms with Crippen LogP contribution < -0.4 is 5.56 Å². The summed E-state index contributed by atoms with van der Waals surface area (Å²) < 4.78 is 36.9. The molecule has 0 amide bonds. The molecule has 0 saturated carbocycles. The lowest BCUT2D eigenvalue weighted by Gasteiger charge is -2.05. The average molecular weight is 259 g/mol. The molecule has 1 N–H and O–H groups in total. The minimum atomic E-state index is -4.57. The Bertz CT molecular complexity index is 604. The van der Waals surface area contributed by atoms with Crippen molar-refractivity contribution in [2.45, 2.75) is 26.9 Å². The van der Waals surface area contributed by atoms with Crippen molar-refractivity contribution in [1.29, 1.82) is 0 Å². The lowest BCUT2D eigenvalue weighted by Crippen LogP contribution is -2.13. The third-order valence-electron chi connectivity index (χ3n) is 2.03. The first-order valence-electron chi connectivity index (χ1n) is 5.32. The van der Waals surface area contributed by atoms with Gasteiger partial charge in [-0.2, -0.15) is 13.2 Å². The first kappa shape index (κ1) is 14.1. The van der Waals surface area contributed by atoms with Crippen LogP contribution in [0, 0.1) is 6.92 Å². The Hall–Kier alpha value is -1.92. The smallest absolute Gasteiger partial charge is 0.305 e. The van der Waals surface area contributed by atoms with E-state index in [2.05, 4.69) is 15.0 Å². The summed E-state index contributed by atoms with van der Waals surface area (Å²) in [6.07, 6.45) is -3.93. The molecule has 0 atom stereocenters. The maximum atomic E-state index is 12.3. The first-order chi connectivity index (χ1) is 8.38. The summed E-state index contributed by atoms with van der Waals surface area (Å²) in [5.74, 6) is 0. The molecule has 0 bridgehead atoms. The van der Waals surface area contributed by atoms with Crippen LogP contribution in [-0.4, -0.2) is 15.0 Å². The number of aryl methyl sites for hydroxylation is 1. The van der Waals surface area contributed by atoms with Crippen molar-refractivity contribution >= 4 is 11.2 Å². The molecule has 0 unspecified atom stereocenters. The van der Waals surface area contributed by atoms with Crippen LogP contribution in [0.2, 0.25) is 0 Å². The summed E-state index contributed by atoms with van der Waals surface area (Å²) in [4.78, 5) is 20.3. The Kier molecular flexibility index (Phi) is 4.05. The van der Waals surface area contributed by atoms with Gasteiger partial charge in [-0.05, 0) is 13.0 Å². The summed E-state index contributed by atoms with van der Waals surface area (Å²) in [5.41, 5.74) is -1.15. The Balaban J connectivity index is 0.000000771. The number of aromatic amines is 1. The number of rotatable bonds is 0. The van der Waals surface area contributed by atoms with E-state index >= 15 is 0 Å². The van der Waals surface area contributed by atoms with Crippen LogP contribution in [0.5, 0.6) is 0 Å². The molecule has 2 aromatic rings. The molecule has 18 heavy (non-hydrogen) atoms. The van der Waals surface area contributed by atoms with Gasteiger partial charge >= 0.3 is 6.18 Å². The van der Waals surface area contributed by atoms with Gasteiger partial charge in [0.05, 0.1) is 6.20 Å². The van der Waals surface area contributed by atoms with E-state index in [9.17, 15) is 18.0 Å². The molecule has 0 aliphatic carbocycles. The highest BCUT2D eigenvalue weighted by Crippen LogP contribution is 2.27. The second-order valence-electron chi connectivity index (χ2n) is 3.27. The summed E-state index contributed by atoms with van der Waals surface area (Å²) in [6.45, 7) is 5.54. The van der Waals surface area contributed by atoms with E-state index in [0.29, 0.717) is 11.8 Å². The van der Waals surface area contributed by atoms with E-state index < -0.39 is 17.4 Å². The van der Waals surface area contributed by atoms with Crippen molar-refractivity contribution in [2.24, 2.45) is 0 Å². The molecule has 0 saturated heterocycles. The summed E-state index contributed by atoms with van der Waals surface area (Å²) in [6, 6.07) is 1.39. The number of halogens is 3. The van der Waals surface area contributed by atoms with Gasteiger partial charge < -0.3 is 4.98 Å². The van der Waals surface area contributed by atoms with Crippen LogP contribution in [-0.2, 0) is 6.18 Å². The van der Waals surface area contributed by atoms with Crippen LogP contribution in [0.4, 0.5) is 13.2 Å². The van der Waals surface area contributed by atoms with Gasteiger partial charge in [0.15, 0.2) is 11.3 Å². The van der Waals surface area contributed by atoms with Gasteiger partial charge in [-0.1, -0.05) is 13.8 Å². The van der Waals surface area contributed by atoms with E-state index in [0.717, 1.165) is 0 Å². The minimum absolute atomic E-state index is 0.162. The Morgan fingerprint density at radius 3 is 2.44 bits per heavy atom. The molecule has 0 radical (unpaired) electrons. The van der Waals surface area contributed by atoms with Crippen LogP contribution in [0.1, 0.15) is 25.1 Å². The molecule has 2 aromatic heterocycles. The normalized spacial score (nSPS) is 11.0. The topological polar surface area (TPSA) is 58.6 Å². The van der Waals surface area contributed by atoms with Gasteiger partial charge in [0.25, 0.3) is 5.56 Å². The van der Waals surface area contributed by atoms with Crippen molar-refractivity contribution in [2.75, 3.05) is 0 Å². The van der Waals surface area contributed by atoms with Crippen molar-refractivity contribution in [3.05, 3.63) is 33.9 Å². The highest BCUT2D eigenvalue weighted by molar-refractivity contribution is 5.69. The number of aromatic nitrogens is 3. The highest BCUT2D eigenvalue weighted by Gasteiger charge is 2.33. The number of fused-ring (bicyclic) bond motifs is 1. The molecule has 2 heterocycles. The highest BCUT2D eigenvalue weighted by atomic mass is 19.4. The Morgan fingerprint density at radius 2 is 1.89 bits per heavy atom. The van der Waals surface area contributed by atoms with Crippen molar-refractivity contribution < 1.29 is 13.2 Å². The van der Waals surface area contributed by atoms with Gasteiger partial charge in [-0.3, -0.25) is 9.78 Å². The second kappa shape index (κ2) is 5.16. The zero-order valence-electron chi connectivity index (χ0n) is 10.1. The van der Waals surface area contributed by atoms with Crippen molar-refractivity contribution in [3.63, 3.8) is 0 Å². The van der Waals surface area contributed by atoms with Gasteiger partial charge in [-0.15, -0.1) is 0 Å². The van der Waals surface area contributed by atoms with Gasteiger partial charge in [0.1, 0.15) is 5.52 Å². The van der Waals surface area contributed by atoms with Gasteiger partial charge in [-0.25, -0.2) is 4.98 Å². The maximum absolute atomic E-state index is 12.3. The minimum Gasteiger partial charge on any atom is -0.305 e. The number of nitrogens with zero attached hydrogens (tertiary/aromatic N) is 2. The molecular weight excluding hydrogens is 247 g/mol. The van der Waals surface area contributed by atoms with E-state index in [1.165, 1.54) is 13.0 Å². The fourth-order valence-corrected chi connectivity index (χ4v) is 1.21. The predicted molar refractivity (Wildman–Crippen MR) is 61.2 cm³/mol. The van der Waals surface area contributed by atoms with Crippen LogP contribution in [0.15, 0.2) is 17.1 Å². The lowest BCUT2D eigenvalue weighted by atomic mass is 10.3. The molecule has 0 aromatic carbocycles. The fourth-order valence-electron chi connectivity index (χ4n) is 1.21. The molecule has 7 heteroatoms. The fraction of sp³-hybridized carbons (Fsp3) is 0.364. The Morgan fingerprint density at radius 1 is 1.28 bits per heavy atom. The molecule has 0 spiro atoms. The zero-order valence-corrected chi connectivity index (χ0v) is 10.1. The standard InChI is InChI=1S/C9H6F3N3O.C2H6/c1-4-2-5-7(15-8(4)16)14-6(3-13-5)9(10,11)12;1-2/h2-3H,1H3,(H,14,15,16);1-2H3. The number of alkyl halides is 3. The molecule has 98 valence electrons. The second-order valence-corrected chi connectivity index (χ2v) is 3.27. The molecule has 0 aliphatic heterocycles. The third-order valence-corrected chi connectivity index (χ3v) is 2.03. The monoisotopic (exact) mass is 259 g/mol. The average Bonchev–Trinajstić information content (AvgIpc) is 2.31. The lowest BCUT2D eigenvalue weighted by molar-refractivity contribution is -0.141. The van der Waals surface area contributed by atoms with Gasteiger partial charge in [0, 0.05) is 5.56 Å². The Labute approximate surface area is 101 Å². The largest absolute Gasteiger partial charge is 0.434 e. The van der Waals surface area contributed by atoms with Crippen LogP contribution >= 0.6 is 0 Å².